The van der Waals surface area contributed by atoms with E-state index < -0.39 is 33.8 Å². The van der Waals surface area contributed by atoms with Crippen molar-refractivity contribution in [2.24, 2.45) is 0 Å². The van der Waals surface area contributed by atoms with Gasteiger partial charge >= 0.3 is 6.09 Å². The van der Waals surface area contributed by atoms with Crippen LogP contribution in [0.4, 0.5) is 9.59 Å². The summed E-state index contributed by atoms with van der Waals surface area (Å²) < 4.78 is 17.9. The second kappa shape index (κ2) is 15.2. The third-order valence-corrected chi connectivity index (χ3v) is 10.3. The number of carbonyl (C=O) groups is 3. The molecule has 9 heteroatoms. The van der Waals surface area contributed by atoms with Gasteiger partial charge in [-0.2, -0.15) is 0 Å². The molecule has 2 aliphatic heterocycles. The molecule has 2 aliphatic rings. The number of carbonyl (C=O) groups excluding carboxylic acids is 3. The Labute approximate surface area is 301 Å². The Morgan fingerprint density at radius 3 is 1.76 bits per heavy atom. The van der Waals surface area contributed by atoms with Gasteiger partial charge in [0.1, 0.15) is 17.9 Å². The van der Waals surface area contributed by atoms with Gasteiger partial charge in [-0.15, -0.1) is 0 Å². The molecule has 5 aromatic rings. The number of rotatable bonds is 14. The maximum absolute atomic E-state index is 15.2. The highest BCUT2D eigenvalue weighted by molar-refractivity contribution is 8.15. The van der Waals surface area contributed by atoms with Crippen LogP contribution in [0.1, 0.15) is 28.7 Å². The minimum atomic E-state index is -1.54. The number of thioether (sulfide) groups is 1. The van der Waals surface area contributed by atoms with Crippen LogP contribution in [0.3, 0.4) is 0 Å². The van der Waals surface area contributed by atoms with Gasteiger partial charge in [-0.25, -0.2) is 4.79 Å². The molecular formula is C42H38N2O6S. The number of hydrogen-bond acceptors (Lipinski definition) is 7. The second-order valence-corrected chi connectivity index (χ2v) is 13.7. The molecule has 0 radical (unpaired) electrons. The smallest absolute Gasteiger partial charge is 0.410 e. The van der Waals surface area contributed by atoms with Crippen LogP contribution in [0.2, 0.25) is 0 Å². The van der Waals surface area contributed by atoms with Crippen molar-refractivity contribution < 1.29 is 28.6 Å². The van der Waals surface area contributed by atoms with Crippen molar-refractivity contribution in [1.82, 2.24) is 9.80 Å². The number of benzene rings is 5. The van der Waals surface area contributed by atoms with Gasteiger partial charge in [0.25, 0.3) is 11.1 Å². The van der Waals surface area contributed by atoms with Gasteiger partial charge in [-0.3, -0.25) is 14.5 Å². The van der Waals surface area contributed by atoms with Crippen molar-refractivity contribution in [3.8, 4) is 5.75 Å². The first-order valence-corrected chi connectivity index (χ1v) is 17.9. The topological polar surface area (TPSA) is 85.4 Å². The molecule has 8 nitrogen and oxygen atoms in total. The van der Waals surface area contributed by atoms with Gasteiger partial charge in [-0.1, -0.05) is 140 Å². The zero-order valence-electron chi connectivity index (χ0n) is 28.0. The summed E-state index contributed by atoms with van der Waals surface area (Å²) >= 11 is 0.917. The SMILES string of the molecule is O=C1OC(COc2ccccc2)CN1CCCOC1(Cc2ccccc2)SC(=O)N(C(c2ccccc2)(c2ccccc2)c2ccccc2)C1=O. The Balaban J connectivity index is 1.16. The van der Waals surface area contributed by atoms with Gasteiger partial charge < -0.3 is 19.1 Å². The van der Waals surface area contributed by atoms with E-state index in [0.717, 1.165) is 34.0 Å². The maximum Gasteiger partial charge on any atom is 0.410 e. The maximum atomic E-state index is 15.2. The normalized spacial score (nSPS) is 19.0. The first-order valence-electron chi connectivity index (χ1n) is 17.0. The lowest BCUT2D eigenvalue weighted by molar-refractivity contribution is -0.145. The molecule has 258 valence electrons. The van der Waals surface area contributed by atoms with E-state index >= 15 is 4.79 Å². The summed E-state index contributed by atoms with van der Waals surface area (Å²) in [4.78, 5) is 43.9. The van der Waals surface area contributed by atoms with Gasteiger partial charge in [0.2, 0.25) is 4.93 Å². The third kappa shape index (κ3) is 7.00. The molecule has 2 heterocycles. The zero-order valence-corrected chi connectivity index (χ0v) is 28.8. The summed E-state index contributed by atoms with van der Waals surface area (Å²) in [5.74, 6) is 0.277. The van der Waals surface area contributed by atoms with Crippen LogP contribution in [-0.4, -0.2) is 64.4 Å². The van der Waals surface area contributed by atoms with E-state index in [1.54, 1.807) is 4.90 Å². The summed E-state index contributed by atoms with van der Waals surface area (Å²) in [6.45, 7) is 1.13. The minimum Gasteiger partial charge on any atom is -0.490 e. The molecular weight excluding hydrogens is 661 g/mol. The van der Waals surface area contributed by atoms with Crippen LogP contribution in [0.15, 0.2) is 152 Å². The quantitative estimate of drug-likeness (QED) is 0.0861. The summed E-state index contributed by atoms with van der Waals surface area (Å²) in [5, 5.41) is -0.406. The summed E-state index contributed by atoms with van der Waals surface area (Å²) in [5.41, 5.74) is 1.92. The molecule has 0 spiro atoms. The van der Waals surface area contributed by atoms with Gasteiger partial charge in [0.05, 0.1) is 13.2 Å². The number of nitrogens with zero attached hydrogens (tertiary/aromatic N) is 2. The average Bonchev–Trinajstić information content (AvgIpc) is 3.66. The first-order chi connectivity index (χ1) is 25.0. The highest BCUT2D eigenvalue weighted by Gasteiger charge is 2.61. The van der Waals surface area contributed by atoms with Crippen molar-refractivity contribution in [2.75, 3.05) is 26.3 Å². The first kappa shape index (κ1) is 34.1. The van der Waals surface area contributed by atoms with E-state index in [2.05, 4.69) is 0 Å². The molecule has 2 saturated heterocycles. The lowest BCUT2D eigenvalue weighted by Gasteiger charge is -2.42. The van der Waals surface area contributed by atoms with E-state index in [4.69, 9.17) is 14.2 Å². The summed E-state index contributed by atoms with van der Waals surface area (Å²) in [7, 11) is 0. The van der Waals surface area contributed by atoms with Crippen molar-refractivity contribution >= 4 is 29.0 Å². The van der Waals surface area contributed by atoms with E-state index in [-0.39, 0.29) is 19.6 Å². The summed E-state index contributed by atoms with van der Waals surface area (Å²) in [6, 6.07) is 48.0. The lowest BCUT2D eigenvalue weighted by Crippen LogP contribution is -2.54. The molecule has 0 aromatic heterocycles. The fourth-order valence-electron chi connectivity index (χ4n) is 6.86. The predicted octanol–water partition coefficient (Wildman–Crippen LogP) is 7.92. The molecule has 2 unspecified atom stereocenters. The van der Waals surface area contributed by atoms with E-state index in [0.29, 0.717) is 25.3 Å². The lowest BCUT2D eigenvalue weighted by atomic mass is 9.75. The molecule has 7 rings (SSSR count). The zero-order chi connectivity index (χ0) is 35.1. The highest BCUT2D eigenvalue weighted by Crippen LogP contribution is 2.51. The molecule has 5 aromatic carbocycles. The van der Waals surface area contributed by atoms with Crippen LogP contribution in [0, 0.1) is 0 Å². The van der Waals surface area contributed by atoms with Crippen molar-refractivity contribution in [3.05, 3.63) is 174 Å². The number of para-hydroxylation sites is 1. The van der Waals surface area contributed by atoms with Gasteiger partial charge in [0.15, 0.2) is 6.10 Å². The molecule has 2 fully saturated rings. The molecule has 0 saturated carbocycles. The Morgan fingerprint density at radius 1 is 0.706 bits per heavy atom. The fourth-order valence-corrected chi connectivity index (χ4v) is 8.01. The summed E-state index contributed by atoms with van der Waals surface area (Å²) in [6.07, 6.45) is -0.204. The van der Waals surface area contributed by atoms with Gasteiger partial charge in [-0.05, 0) is 52.6 Å². The largest absolute Gasteiger partial charge is 0.490 e. The molecule has 2 atom stereocenters. The number of amides is 3. The number of cyclic esters (lactones) is 1. The van der Waals surface area contributed by atoms with Crippen LogP contribution in [-0.2, 0) is 26.2 Å². The standard InChI is InChI=1S/C42H38N2O6S/c45-38-41(29-32-17-6-1-7-18-32,49-28-16-27-43-30-37(50-39(43)46)31-48-36-25-14-5-15-26-36)51-40(47)44(38)42(33-19-8-2-9-20-33,34-21-10-3-11-22-34)35-23-12-4-13-24-35/h1-15,17-26,37H,16,27-31H2. The molecule has 51 heavy (non-hydrogen) atoms. The van der Waals surface area contributed by atoms with E-state index in [1.807, 2.05) is 152 Å². The molecule has 0 aliphatic carbocycles. The van der Waals surface area contributed by atoms with E-state index in [1.165, 1.54) is 4.90 Å². The predicted molar refractivity (Wildman–Crippen MR) is 196 cm³/mol. The minimum absolute atomic E-state index is 0.136. The second-order valence-electron chi connectivity index (χ2n) is 12.5. The monoisotopic (exact) mass is 698 g/mol. The third-order valence-electron chi connectivity index (χ3n) is 9.19. The number of imide groups is 1. The van der Waals surface area contributed by atoms with E-state index in [9.17, 15) is 9.59 Å². The van der Waals surface area contributed by atoms with Gasteiger partial charge in [0, 0.05) is 13.0 Å². The Kier molecular flexibility index (Phi) is 10.2. The Morgan fingerprint density at radius 2 is 1.22 bits per heavy atom. The average molecular weight is 699 g/mol. The Hall–Kier alpha value is -5.38. The van der Waals surface area contributed by atoms with Crippen LogP contribution in [0.5, 0.6) is 5.75 Å². The number of ether oxygens (including phenoxy) is 3. The van der Waals surface area contributed by atoms with Crippen LogP contribution in [0.25, 0.3) is 0 Å². The molecule has 0 N–H and O–H groups in total. The molecule has 0 bridgehead atoms. The Bertz CT molecular complexity index is 1830. The fraction of sp³-hybridized carbons (Fsp3) is 0.214. The van der Waals surface area contributed by atoms with Crippen LogP contribution < -0.4 is 4.74 Å². The van der Waals surface area contributed by atoms with Crippen molar-refractivity contribution in [3.63, 3.8) is 0 Å². The highest BCUT2D eigenvalue weighted by atomic mass is 32.2. The van der Waals surface area contributed by atoms with Crippen molar-refractivity contribution in [2.45, 2.75) is 29.4 Å². The molecule has 3 amide bonds. The van der Waals surface area contributed by atoms with Crippen LogP contribution >= 0.6 is 11.8 Å². The number of hydrogen-bond donors (Lipinski definition) is 0. The van der Waals surface area contributed by atoms with Crippen molar-refractivity contribution in [1.29, 1.82) is 0 Å².